The molecule has 1 aliphatic rings. The van der Waals surface area contributed by atoms with Crippen molar-refractivity contribution >= 4 is 11.9 Å². The topological polar surface area (TPSA) is 46.6 Å². The van der Waals surface area contributed by atoms with Gasteiger partial charge >= 0.3 is 5.97 Å². The summed E-state index contributed by atoms with van der Waals surface area (Å²) in [6.45, 7) is 1.33. The minimum Gasteiger partial charge on any atom is -0.465 e. The lowest BCUT2D eigenvalue weighted by molar-refractivity contribution is 0.0598. The third-order valence-electron chi connectivity index (χ3n) is 3.26. The van der Waals surface area contributed by atoms with Gasteiger partial charge in [-0.15, -0.1) is 0 Å². The van der Waals surface area contributed by atoms with Crippen molar-refractivity contribution in [1.29, 1.82) is 0 Å². The molecule has 0 unspecified atom stereocenters. The molecule has 0 aliphatic carbocycles. The highest BCUT2D eigenvalue weighted by molar-refractivity contribution is 5.96. The van der Waals surface area contributed by atoms with Gasteiger partial charge in [-0.1, -0.05) is 0 Å². The molecule has 0 radical (unpaired) electrons. The Morgan fingerprint density at radius 1 is 1.21 bits per heavy atom. The van der Waals surface area contributed by atoms with Crippen LogP contribution in [-0.4, -0.2) is 37.0 Å². The molecule has 0 atom stereocenters. The largest absolute Gasteiger partial charge is 0.465 e. The molecule has 2 rings (SSSR count). The fourth-order valence-electron chi connectivity index (χ4n) is 2.20. The van der Waals surface area contributed by atoms with Crippen LogP contribution >= 0.6 is 0 Å². The van der Waals surface area contributed by atoms with Gasteiger partial charge < -0.3 is 9.64 Å². The van der Waals surface area contributed by atoms with Crippen LogP contribution in [0.5, 0.6) is 0 Å². The Morgan fingerprint density at radius 2 is 1.89 bits per heavy atom. The number of halogens is 1. The van der Waals surface area contributed by atoms with E-state index in [1.807, 2.05) is 0 Å². The van der Waals surface area contributed by atoms with E-state index in [0.29, 0.717) is 13.1 Å². The average molecular weight is 265 g/mol. The number of carbonyl (C=O) groups is 2. The molecule has 4 nitrogen and oxygen atoms in total. The SMILES string of the molecule is COC(=O)c1ccc(C(=O)N2CCCCC2)c(F)c1. The Labute approximate surface area is 111 Å². The highest BCUT2D eigenvalue weighted by atomic mass is 19.1. The molecule has 5 heteroatoms. The summed E-state index contributed by atoms with van der Waals surface area (Å²) >= 11 is 0. The first kappa shape index (κ1) is 13.5. The van der Waals surface area contributed by atoms with Crippen LogP contribution in [0.15, 0.2) is 18.2 Å². The Bertz CT molecular complexity index is 495. The molecule has 0 aromatic heterocycles. The Morgan fingerprint density at radius 3 is 2.47 bits per heavy atom. The van der Waals surface area contributed by atoms with E-state index >= 15 is 0 Å². The fourth-order valence-corrected chi connectivity index (χ4v) is 2.20. The first-order valence-electron chi connectivity index (χ1n) is 6.30. The van der Waals surface area contributed by atoms with Gasteiger partial charge in [-0.2, -0.15) is 0 Å². The average Bonchev–Trinajstić information content (AvgIpc) is 2.46. The zero-order valence-corrected chi connectivity index (χ0v) is 10.8. The minimum absolute atomic E-state index is 0.00885. The van der Waals surface area contributed by atoms with Crippen LogP contribution in [0.3, 0.4) is 0 Å². The summed E-state index contributed by atoms with van der Waals surface area (Å²) in [6, 6.07) is 3.80. The first-order chi connectivity index (χ1) is 9.13. The molecular weight excluding hydrogens is 249 g/mol. The number of benzene rings is 1. The lowest BCUT2D eigenvalue weighted by Gasteiger charge is -2.26. The number of esters is 1. The fraction of sp³-hybridized carbons (Fsp3) is 0.429. The van der Waals surface area contributed by atoms with Crippen LogP contribution in [0, 0.1) is 5.82 Å². The number of likely N-dealkylation sites (tertiary alicyclic amines) is 1. The molecule has 19 heavy (non-hydrogen) atoms. The predicted octanol–water partition coefficient (Wildman–Crippen LogP) is 2.24. The number of amides is 1. The maximum atomic E-state index is 13.9. The van der Waals surface area contributed by atoms with Crippen LogP contribution in [0.4, 0.5) is 4.39 Å². The summed E-state index contributed by atoms with van der Waals surface area (Å²) < 4.78 is 18.4. The van der Waals surface area contributed by atoms with E-state index in [9.17, 15) is 14.0 Å². The normalized spacial score (nSPS) is 15.2. The third kappa shape index (κ3) is 2.92. The number of nitrogens with zero attached hydrogens (tertiary/aromatic N) is 1. The molecule has 1 aliphatic heterocycles. The molecule has 102 valence electrons. The van der Waals surface area contributed by atoms with Crippen molar-refractivity contribution in [3.63, 3.8) is 0 Å². The van der Waals surface area contributed by atoms with Gasteiger partial charge in [-0.3, -0.25) is 4.79 Å². The predicted molar refractivity (Wildman–Crippen MR) is 67.5 cm³/mol. The lowest BCUT2D eigenvalue weighted by atomic mass is 10.1. The van der Waals surface area contributed by atoms with Gasteiger partial charge in [0.15, 0.2) is 0 Å². The van der Waals surface area contributed by atoms with Crippen LogP contribution in [0.1, 0.15) is 40.0 Å². The van der Waals surface area contributed by atoms with Crippen LogP contribution in [-0.2, 0) is 4.74 Å². The maximum Gasteiger partial charge on any atom is 0.337 e. The zero-order valence-electron chi connectivity index (χ0n) is 10.8. The summed E-state index contributed by atoms with van der Waals surface area (Å²) in [5, 5.41) is 0. The van der Waals surface area contributed by atoms with Gasteiger partial charge in [-0.05, 0) is 37.5 Å². The zero-order chi connectivity index (χ0) is 13.8. The van der Waals surface area contributed by atoms with Crippen molar-refractivity contribution in [2.75, 3.05) is 20.2 Å². The molecule has 0 saturated carbocycles. The van der Waals surface area contributed by atoms with Gasteiger partial charge in [0.05, 0.1) is 18.2 Å². The molecule has 1 amide bonds. The number of ether oxygens (including phenoxy) is 1. The second kappa shape index (κ2) is 5.82. The quantitative estimate of drug-likeness (QED) is 0.770. The Hall–Kier alpha value is -1.91. The van der Waals surface area contributed by atoms with Gasteiger partial charge in [0, 0.05) is 13.1 Å². The van der Waals surface area contributed by atoms with Crippen molar-refractivity contribution in [2.24, 2.45) is 0 Å². The van der Waals surface area contributed by atoms with Gasteiger partial charge in [0.25, 0.3) is 5.91 Å². The second-order valence-corrected chi connectivity index (χ2v) is 4.54. The lowest BCUT2D eigenvalue weighted by Crippen LogP contribution is -2.36. The number of carbonyl (C=O) groups excluding carboxylic acids is 2. The summed E-state index contributed by atoms with van der Waals surface area (Å²) in [7, 11) is 1.23. The summed E-state index contributed by atoms with van der Waals surface area (Å²) in [5.74, 6) is -1.61. The van der Waals surface area contributed by atoms with Crippen molar-refractivity contribution < 1.29 is 18.7 Å². The number of piperidine rings is 1. The van der Waals surface area contributed by atoms with Crippen LogP contribution < -0.4 is 0 Å². The summed E-state index contributed by atoms with van der Waals surface area (Å²) in [5.41, 5.74) is 0.116. The van der Waals surface area contributed by atoms with E-state index in [1.165, 1.54) is 19.2 Å². The second-order valence-electron chi connectivity index (χ2n) is 4.54. The highest BCUT2D eigenvalue weighted by Crippen LogP contribution is 2.17. The summed E-state index contributed by atoms with van der Waals surface area (Å²) in [6.07, 6.45) is 3.01. The Balaban J connectivity index is 2.20. The van der Waals surface area contributed by atoms with Crippen LogP contribution in [0.2, 0.25) is 0 Å². The number of hydrogen-bond acceptors (Lipinski definition) is 3. The molecule has 0 spiro atoms. The van der Waals surface area contributed by atoms with E-state index in [0.717, 1.165) is 25.3 Å². The first-order valence-corrected chi connectivity index (χ1v) is 6.30. The van der Waals surface area contributed by atoms with Crippen molar-refractivity contribution in [1.82, 2.24) is 4.90 Å². The molecule has 0 N–H and O–H groups in total. The van der Waals surface area contributed by atoms with Gasteiger partial charge in [-0.25, -0.2) is 9.18 Å². The van der Waals surface area contributed by atoms with Crippen molar-refractivity contribution in [2.45, 2.75) is 19.3 Å². The van der Waals surface area contributed by atoms with Crippen molar-refractivity contribution in [3.05, 3.63) is 35.1 Å². The molecule has 1 heterocycles. The smallest absolute Gasteiger partial charge is 0.337 e. The monoisotopic (exact) mass is 265 g/mol. The standard InChI is InChI=1S/C14H16FNO3/c1-19-14(18)10-5-6-11(12(15)9-10)13(17)16-7-3-2-4-8-16/h5-6,9H,2-4,7-8H2,1H3. The van der Waals surface area contributed by atoms with E-state index in [1.54, 1.807) is 4.90 Å². The molecule has 1 aromatic carbocycles. The van der Waals surface area contributed by atoms with Crippen molar-refractivity contribution in [3.8, 4) is 0 Å². The third-order valence-corrected chi connectivity index (χ3v) is 3.26. The molecule has 1 fully saturated rings. The molecule has 0 bridgehead atoms. The highest BCUT2D eigenvalue weighted by Gasteiger charge is 2.21. The van der Waals surface area contributed by atoms with Gasteiger partial charge in [0.1, 0.15) is 5.82 Å². The molecular formula is C14H16FNO3. The number of hydrogen-bond donors (Lipinski definition) is 0. The van der Waals surface area contributed by atoms with Crippen LogP contribution in [0.25, 0.3) is 0 Å². The number of rotatable bonds is 2. The maximum absolute atomic E-state index is 13.9. The Kier molecular flexibility index (Phi) is 4.14. The van der Waals surface area contributed by atoms with E-state index in [-0.39, 0.29) is 17.0 Å². The molecule has 1 saturated heterocycles. The van der Waals surface area contributed by atoms with E-state index in [2.05, 4.69) is 4.74 Å². The minimum atomic E-state index is -0.682. The van der Waals surface area contributed by atoms with Gasteiger partial charge in [0.2, 0.25) is 0 Å². The summed E-state index contributed by atoms with van der Waals surface area (Å²) in [4.78, 5) is 25.1. The number of methoxy groups -OCH3 is 1. The molecule has 1 aromatic rings. The van der Waals surface area contributed by atoms with E-state index < -0.39 is 11.8 Å². The van der Waals surface area contributed by atoms with E-state index in [4.69, 9.17) is 0 Å².